The number of carbonyl (C=O) groups is 2. The van der Waals surface area contributed by atoms with E-state index >= 15 is 0 Å². The first-order chi connectivity index (χ1) is 10.6. The number of likely N-dealkylation sites (N-methyl/N-ethyl adjacent to an activating group) is 1. The van der Waals surface area contributed by atoms with Crippen molar-refractivity contribution in [3.63, 3.8) is 0 Å². The predicted octanol–water partition coefficient (Wildman–Crippen LogP) is 0.562. The summed E-state index contributed by atoms with van der Waals surface area (Å²) >= 11 is 0. The van der Waals surface area contributed by atoms with Crippen molar-refractivity contribution < 1.29 is 9.59 Å². The first-order valence-corrected chi connectivity index (χ1v) is 7.93. The molecule has 1 fully saturated rings. The lowest BCUT2D eigenvalue weighted by Gasteiger charge is -2.40. The SMILES string of the molecule is CN(C(=O)C(N)=O)[C@@H]1CCCN(C2Cc3ccccc3C2)C1. The molecule has 1 aromatic carbocycles. The molecule has 118 valence electrons. The molecule has 1 aliphatic carbocycles. The van der Waals surface area contributed by atoms with Gasteiger partial charge in [0.2, 0.25) is 0 Å². The molecule has 2 amide bonds. The maximum Gasteiger partial charge on any atom is 0.311 e. The second-order valence-corrected chi connectivity index (χ2v) is 6.40. The topological polar surface area (TPSA) is 66.6 Å². The molecule has 1 heterocycles. The summed E-state index contributed by atoms with van der Waals surface area (Å²) in [6, 6.07) is 9.20. The highest BCUT2D eigenvalue weighted by atomic mass is 16.2. The zero-order valence-electron chi connectivity index (χ0n) is 13.0. The molecular weight excluding hydrogens is 278 g/mol. The number of likely N-dealkylation sites (tertiary alicyclic amines) is 1. The molecule has 0 unspecified atom stereocenters. The van der Waals surface area contributed by atoms with Crippen LogP contribution >= 0.6 is 0 Å². The highest BCUT2D eigenvalue weighted by Crippen LogP contribution is 2.28. The Bertz CT molecular complexity index is 562. The summed E-state index contributed by atoms with van der Waals surface area (Å²) < 4.78 is 0. The number of hydrogen-bond donors (Lipinski definition) is 1. The average molecular weight is 301 g/mol. The molecule has 1 aliphatic heterocycles. The third-order valence-electron chi connectivity index (χ3n) is 5.05. The fourth-order valence-corrected chi connectivity index (χ4v) is 3.76. The monoisotopic (exact) mass is 301 g/mol. The number of nitrogens with zero attached hydrogens (tertiary/aromatic N) is 2. The lowest BCUT2D eigenvalue weighted by Crippen LogP contribution is -2.53. The van der Waals surface area contributed by atoms with E-state index < -0.39 is 11.8 Å². The van der Waals surface area contributed by atoms with Crippen molar-refractivity contribution in [1.29, 1.82) is 0 Å². The van der Waals surface area contributed by atoms with Crippen LogP contribution in [0.5, 0.6) is 0 Å². The van der Waals surface area contributed by atoms with Crippen LogP contribution in [-0.4, -0.2) is 53.8 Å². The summed E-state index contributed by atoms with van der Waals surface area (Å²) in [5.74, 6) is -1.45. The number of piperidine rings is 1. The second kappa shape index (κ2) is 6.08. The highest BCUT2D eigenvalue weighted by Gasteiger charge is 2.33. The van der Waals surface area contributed by atoms with Crippen LogP contribution in [0.4, 0.5) is 0 Å². The van der Waals surface area contributed by atoms with Crippen LogP contribution in [0.25, 0.3) is 0 Å². The van der Waals surface area contributed by atoms with Crippen molar-refractivity contribution in [1.82, 2.24) is 9.80 Å². The van der Waals surface area contributed by atoms with Gasteiger partial charge in [-0.1, -0.05) is 24.3 Å². The van der Waals surface area contributed by atoms with Crippen molar-refractivity contribution in [2.24, 2.45) is 5.73 Å². The molecule has 3 rings (SSSR count). The molecular formula is C17H23N3O2. The first kappa shape index (κ1) is 15.0. The number of carbonyl (C=O) groups excluding carboxylic acids is 2. The molecule has 0 bridgehead atoms. The summed E-state index contributed by atoms with van der Waals surface area (Å²) in [6.07, 6.45) is 4.15. The maximum absolute atomic E-state index is 11.8. The van der Waals surface area contributed by atoms with Crippen LogP contribution < -0.4 is 5.73 Å². The molecule has 2 N–H and O–H groups in total. The zero-order valence-corrected chi connectivity index (χ0v) is 13.0. The van der Waals surface area contributed by atoms with E-state index in [1.165, 1.54) is 16.0 Å². The van der Waals surface area contributed by atoms with Crippen LogP contribution in [0.3, 0.4) is 0 Å². The van der Waals surface area contributed by atoms with E-state index in [1.54, 1.807) is 7.05 Å². The van der Waals surface area contributed by atoms with Crippen LogP contribution in [0.15, 0.2) is 24.3 Å². The number of benzene rings is 1. The number of primary amides is 1. The van der Waals surface area contributed by atoms with E-state index in [4.69, 9.17) is 5.73 Å². The summed E-state index contributed by atoms with van der Waals surface area (Å²) in [7, 11) is 1.69. The van der Waals surface area contributed by atoms with Gasteiger partial charge in [-0.15, -0.1) is 0 Å². The number of hydrogen-bond acceptors (Lipinski definition) is 3. The lowest BCUT2D eigenvalue weighted by molar-refractivity contribution is -0.145. The van der Waals surface area contributed by atoms with Gasteiger partial charge in [-0.25, -0.2) is 0 Å². The van der Waals surface area contributed by atoms with Crippen LogP contribution in [0.1, 0.15) is 24.0 Å². The van der Waals surface area contributed by atoms with Crippen molar-refractivity contribution in [3.8, 4) is 0 Å². The fourth-order valence-electron chi connectivity index (χ4n) is 3.76. The average Bonchev–Trinajstić information content (AvgIpc) is 2.97. The van der Waals surface area contributed by atoms with E-state index in [9.17, 15) is 9.59 Å². The summed E-state index contributed by atoms with van der Waals surface area (Å²) in [5.41, 5.74) is 8.00. The normalized spacial score (nSPS) is 22.3. The molecule has 0 radical (unpaired) electrons. The zero-order chi connectivity index (χ0) is 15.7. The van der Waals surface area contributed by atoms with Crippen molar-refractivity contribution in [2.75, 3.05) is 20.1 Å². The van der Waals surface area contributed by atoms with Crippen LogP contribution in [0.2, 0.25) is 0 Å². The quantitative estimate of drug-likeness (QED) is 0.812. The van der Waals surface area contributed by atoms with Gasteiger partial charge in [0.1, 0.15) is 0 Å². The van der Waals surface area contributed by atoms with E-state index in [1.807, 2.05) is 0 Å². The molecule has 5 nitrogen and oxygen atoms in total. The van der Waals surface area contributed by atoms with Gasteiger partial charge >= 0.3 is 11.8 Å². The van der Waals surface area contributed by atoms with Crippen molar-refractivity contribution >= 4 is 11.8 Å². The standard InChI is InChI=1S/C17H23N3O2/c1-19(17(22)16(18)21)14-7-4-8-20(11-14)15-9-12-5-2-3-6-13(12)10-15/h2-3,5-6,14-15H,4,7-11H2,1H3,(H2,18,21)/t14-/m1/s1. The van der Waals surface area contributed by atoms with Gasteiger partial charge in [0.15, 0.2) is 0 Å². The minimum absolute atomic E-state index is 0.0810. The van der Waals surface area contributed by atoms with Crippen LogP contribution in [-0.2, 0) is 22.4 Å². The maximum atomic E-state index is 11.8. The van der Waals surface area contributed by atoms with Gasteiger partial charge in [-0.3, -0.25) is 14.5 Å². The summed E-state index contributed by atoms with van der Waals surface area (Å²) in [4.78, 5) is 26.9. The molecule has 0 aromatic heterocycles. The molecule has 22 heavy (non-hydrogen) atoms. The molecule has 2 aliphatic rings. The smallest absolute Gasteiger partial charge is 0.311 e. The Morgan fingerprint density at radius 1 is 1.23 bits per heavy atom. The summed E-state index contributed by atoms with van der Waals surface area (Å²) in [5, 5.41) is 0. The molecule has 0 saturated carbocycles. The van der Waals surface area contributed by atoms with E-state index in [0.717, 1.165) is 38.8 Å². The molecule has 5 heteroatoms. The number of nitrogens with two attached hydrogens (primary N) is 1. The third-order valence-corrected chi connectivity index (χ3v) is 5.05. The van der Waals surface area contributed by atoms with Gasteiger partial charge in [-0.2, -0.15) is 0 Å². The molecule has 1 saturated heterocycles. The van der Waals surface area contributed by atoms with E-state index in [2.05, 4.69) is 29.2 Å². The Morgan fingerprint density at radius 2 is 1.86 bits per heavy atom. The van der Waals surface area contributed by atoms with Gasteiger partial charge in [-0.05, 0) is 43.4 Å². The Labute approximate surface area is 131 Å². The van der Waals surface area contributed by atoms with Gasteiger partial charge in [0.05, 0.1) is 0 Å². The number of amides is 2. The van der Waals surface area contributed by atoms with Crippen molar-refractivity contribution in [3.05, 3.63) is 35.4 Å². The molecule has 1 atom stereocenters. The predicted molar refractivity (Wildman–Crippen MR) is 84.2 cm³/mol. The largest absolute Gasteiger partial charge is 0.361 e. The molecule has 0 spiro atoms. The first-order valence-electron chi connectivity index (χ1n) is 7.93. The van der Waals surface area contributed by atoms with Gasteiger partial charge in [0.25, 0.3) is 0 Å². The molecule has 1 aromatic rings. The Morgan fingerprint density at radius 3 is 2.45 bits per heavy atom. The second-order valence-electron chi connectivity index (χ2n) is 6.40. The number of rotatable bonds is 2. The summed E-state index contributed by atoms with van der Waals surface area (Å²) in [6.45, 7) is 1.89. The van der Waals surface area contributed by atoms with Gasteiger partial charge < -0.3 is 10.6 Å². The number of fused-ring (bicyclic) bond motifs is 1. The van der Waals surface area contributed by atoms with E-state index in [-0.39, 0.29) is 6.04 Å². The Hall–Kier alpha value is -1.88. The minimum Gasteiger partial charge on any atom is -0.361 e. The van der Waals surface area contributed by atoms with Crippen molar-refractivity contribution in [2.45, 2.75) is 37.8 Å². The fraction of sp³-hybridized carbons (Fsp3) is 0.529. The van der Waals surface area contributed by atoms with Crippen LogP contribution in [0, 0.1) is 0 Å². The Balaban J connectivity index is 1.65. The lowest BCUT2D eigenvalue weighted by atomic mass is 10.0. The van der Waals surface area contributed by atoms with Gasteiger partial charge in [0, 0.05) is 25.7 Å². The minimum atomic E-state index is -0.868. The van der Waals surface area contributed by atoms with E-state index in [0.29, 0.717) is 6.04 Å². The Kier molecular flexibility index (Phi) is 4.16. The third kappa shape index (κ3) is 2.86. The highest BCUT2D eigenvalue weighted by molar-refractivity contribution is 6.34.